The van der Waals surface area contributed by atoms with Gasteiger partial charge in [0, 0.05) is 0 Å². The maximum Gasteiger partial charge on any atom is 0.181 e. The Labute approximate surface area is 160 Å². The molecule has 1 aliphatic rings. The van der Waals surface area contributed by atoms with Crippen LogP contribution in [-0.4, -0.2) is 62.2 Å². The van der Waals surface area contributed by atoms with Gasteiger partial charge in [-0.3, -0.25) is 4.57 Å². The Hall–Kier alpha value is -2.60. The molecule has 1 saturated heterocycles. The number of aromatic nitrogens is 4. The summed E-state index contributed by atoms with van der Waals surface area (Å²) in [7, 11) is -3.72. The largest absolute Gasteiger partial charge is 0.387 e. The van der Waals surface area contributed by atoms with E-state index in [1.807, 2.05) is 6.92 Å². The van der Waals surface area contributed by atoms with Gasteiger partial charge in [-0.2, -0.15) is 0 Å². The summed E-state index contributed by atoms with van der Waals surface area (Å²) < 4.78 is 32.5. The van der Waals surface area contributed by atoms with Gasteiger partial charge in [-0.25, -0.2) is 23.4 Å². The van der Waals surface area contributed by atoms with Gasteiger partial charge in [0.05, 0.1) is 17.0 Å². The van der Waals surface area contributed by atoms with Crippen LogP contribution >= 0.6 is 0 Å². The van der Waals surface area contributed by atoms with E-state index in [9.17, 15) is 18.6 Å². The van der Waals surface area contributed by atoms with Crippen LogP contribution in [0.2, 0.25) is 0 Å². The van der Waals surface area contributed by atoms with Gasteiger partial charge in [-0.1, -0.05) is 17.7 Å². The third-order valence-electron chi connectivity index (χ3n) is 4.76. The first kappa shape index (κ1) is 18.7. The number of anilines is 1. The number of sulfone groups is 1. The van der Waals surface area contributed by atoms with Crippen molar-refractivity contribution in [3.63, 3.8) is 0 Å². The zero-order valence-corrected chi connectivity index (χ0v) is 15.7. The number of ether oxygens (including phenoxy) is 1. The molecule has 148 valence electrons. The van der Waals surface area contributed by atoms with E-state index in [4.69, 9.17) is 10.5 Å². The second-order valence-corrected chi connectivity index (χ2v) is 8.76. The SMILES string of the molecule is Cc1ccc(S(=O)(=O)C[C@H]2O[C@@H](n3cnc4c(N)ncnc43)[C@H](O)[C@@H]2O)cc1. The molecule has 1 aliphatic heterocycles. The molecule has 0 saturated carbocycles. The predicted molar refractivity (Wildman–Crippen MR) is 98.9 cm³/mol. The molecule has 1 aromatic carbocycles. The molecule has 10 nitrogen and oxygen atoms in total. The summed E-state index contributed by atoms with van der Waals surface area (Å²) in [5.41, 5.74) is 7.32. The van der Waals surface area contributed by atoms with Crippen LogP contribution in [0.15, 0.2) is 41.8 Å². The molecule has 11 heteroatoms. The maximum atomic E-state index is 12.7. The van der Waals surface area contributed by atoms with E-state index in [1.165, 1.54) is 29.4 Å². The minimum atomic E-state index is -3.72. The van der Waals surface area contributed by atoms with Gasteiger partial charge in [-0.05, 0) is 19.1 Å². The monoisotopic (exact) mass is 405 g/mol. The molecule has 3 aromatic rings. The second kappa shape index (κ2) is 6.78. The van der Waals surface area contributed by atoms with Gasteiger partial charge >= 0.3 is 0 Å². The quantitative estimate of drug-likeness (QED) is 0.536. The van der Waals surface area contributed by atoms with Crippen LogP contribution in [-0.2, 0) is 14.6 Å². The fourth-order valence-electron chi connectivity index (χ4n) is 3.21. The highest BCUT2D eigenvalue weighted by Crippen LogP contribution is 2.33. The Morgan fingerprint density at radius 2 is 1.86 bits per heavy atom. The van der Waals surface area contributed by atoms with Gasteiger partial charge in [0.15, 0.2) is 27.5 Å². The molecule has 0 aliphatic carbocycles. The first-order valence-corrected chi connectivity index (χ1v) is 10.2. The number of nitrogens with zero attached hydrogens (tertiary/aromatic N) is 4. The number of fused-ring (bicyclic) bond motifs is 1. The molecule has 1 fully saturated rings. The van der Waals surface area contributed by atoms with Crippen LogP contribution in [0.25, 0.3) is 11.2 Å². The average Bonchev–Trinajstić information content (AvgIpc) is 3.19. The van der Waals surface area contributed by atoms with Gasteiger partial charge in [0.25, 0.3) is 0 Å². The summed E-state index contributed by atoms with van der Waals surface area (Å²) in [4.78, 5) is 12.1. The van der Waals surface area contributed by atoms with Crippen LogP contribution in [0.1, 0.15) is 11.8 Å². The summed E-state index contributed by atoms with van der Waals surface area (Å²) in [6.45, 7) is 1.85. The lowest BCUT2D eigenvalue weighted by molar-refractivity contribution is -0.0292. The van der Waals surface area contributed by atoms with Crippen molar-refractivity contribution in [3.8, 4) is 0 Å². The summed E-state index contributed by atoms with van der Waals surface area (Å²) in [5, 5.41) is 20.8. The van der Waals surface area contributed by atoms with Gasteiger partial charge in [0.2, 0.25) is 0 Å². The minimum Gasteiger partial charge on any atom is -0.387 e. The number of aliphatic hydroxyl groups excluding tert-OH is 2. The predicted octanol–water partition coefficient (Wildman–Crippen LogP) is -0.190. The molecule has 4 rings (SSSR count). The molecule has 28 heavy (non-hydrogen) atoms. The highest BCUT2D eigenvalue weighted by atomic mass is 32.2. The Morgan fingerprint density at radius 1 is 1.14 bits per heavy atom. The van der Waals surface area contributed by atoms with E-state index in [0.717, 1.165) is 5.56 Å². The highest BCUT2D eigenvalue weighted by Gasteiger charge is 2.46. The summed E-state index contributed by atoms with van der Waals surface area (Å²) in [5.74, 6) is -0.315. The molecule has 3 heterocycles. The van der Waals surface area contributed by atoms with Crippen LogP contribution in [0.4, 0.5) is 5.82 Å². The summed E-state index contributed by atoms with van der Waals surface area (Å²) in [6, 6.07) is 6.39. The summed E-state index contributed by atoms with van der Waals surface area (Å²) >= 11 is 0. The van der Waals surface area contributed by atoms with E-state index in [2.05, 4.69) is 15.0 Å². The van der Waals surface area contributed by atoms with Crippen molar-refractivity contribution < 1.29 is 23.4 Å². The van der Waals surface area contributed by atoms with Crippen LogP contribution in [0.5, 0.6) is 0 Å². The van der Waals surface area contributed by atoms with Crippen LogP contribution in [0.3, 0.4) is 0 Å². The third kappa shape index (κ3) is 3.11. The molecule has 4 N–H and O–H groups in total. The fraction of sp³-hybridized carbons (Fsp3) is 0.353. The number of imidazole rings is 1. The topological polar surface area (TPSA) is 153 Å². The molecule has 0 unspecified atom stereocenters. The number of nitrogen functional groups attached to an aromatic ring is 1. The lowest BCUT2D eigenvalue weighted by Crippen LogP contribution is -2.35. The number of benzene rings is 1. The average molecular weight is 405 g/mol. The van der Waals surface area contributed by atoms with Crippen molar-refractivity contribution >= 4 is 26.8 Å². The first-order valence-electron chi connectivity index (χ1n) is 8.52. The number of nitrogens with two attached hydrogens (primary N) is 1. The van der Waals surface area contributed by atoms with E-state index in [0.29, 0.717) is 11.2 Å². The van der Waals surface area contributed by atoms with Gasteiger partial charge in [-0.15, -0.1) is 0 Å². The molecule has 0 spiro atoms. The molecular weight excluding hydrogens is 386 g/mol. The number of aryl methyl sites for hydroxylation is 1. The molecular formula is C17H19N5O5S. The van der Waals surface area contributed by atoms with E-state index < -0.39 is 40.1 Å². The van der Waals surface area contributed by atoms with Crippen molar-refractivity contribution in [2.75, 3.05) is 11.5 Å². The molecule has 0 radical (unpaired) electrons. The first-order chi connectivity index (χ1) is 13.3. The van der Waals surface area contributed by atoms with Gasteiger partial charge in [0.1, 0.15) is 30.2 Å². The zero-order chi connectivity index (χ0) is 20.1. The van der Waals surface area contributed by atoms with Crippen molar-refractivity contribution in [2.45, 2.75) is 36.4 Å². The van der Waals surface area contributed by atoms with Crippen molar-refractivity contribution in [1.82, 2.24) is 19.5 Å². The standard InChI is InChI=1S/C17H19N5O5S/c1-9-2-4-10(5-3-9)28(25,26)6-11-13(23)14(24)17(27-11)22-8-21-12-15(18)19-7-20-16(12)22/h2-5,7-8,11,13-14,17,23-24H,6H2,1H3,(H2,18,19,20)/t11-,13-,14-,17-/m1/s1. The van der Waals surface area contributed by atoms with Crippen molar-refractivity contribution in [2.24, 2.45) is 0 Å². The second-order valence-electron chi connectivity index (χ2n) is 6.72. The Bertz CT molecular complexity index is 1110. The molecule has 2 aromatic heterocycles. The fourth-order valence-corrected chi connectivity index (χ4v) is 4.66. The smallest absolute Gasteiger partial charge is 0.181 e. The maximum absolute atomic E-state index is 12.7. The molecule has 4 atom stereocenters. The third-order valence-corrected chi connectivity index (χ3v) is 6.52. The van der Waals surface area contributed by atoms with Crippen LogP contribution in [0, 0.1) is 6.92 Å². The lowest BCUT2D eigenvalue weighted by atomic mass is 10.1. The highest BCUT2D eigenvalue weighted by molar-refractivity contribution is 7.91. The number of hydrogen-bond acceptors (Lipinski definition) is 9. The molecule has 0 bridgehead atoms. The summed E-state index contributed by atoms with van der Waals surface area (Å²) in [6.07, 6.45) is -2.36. The molecule has 0 amide bonds. The zero-order valence-electron chi connectivity index (χ0n) is 14.9. The number of aliphatic hydroxyl groups is 2. The van der Waals surface area contributed by atoms with Gasteiger partial charge < -0.3 is 20.7 Å². The van der Waals surface area contributed by atoms with Crippen LogP contribution < -0.4 is 5.73 Å². The van der Waals surface area contributed by atoms with E-state index in [-0.39, 0.29) is 10.7 Å². The number of rotatable bonds is 4. The minimum absolute atomic E-state index is 0.125. The Balaban J connectivity index is 1.61. The number of hydrogen-bond donors (Lipinski definition) is 3. The lowest BCUT2D eigenvalue weighted by Gasteiger charge is -2.16. The normalized spacial score (nSPS) is 25.4. The Kier molecular flexibility index (Phi) is 4.54. The Morgan fingerprint density at radius 3 is 2.57 bits per heavy atom. The van der Waals surface area contributed by atoms with E-state index >= 15 is 0 Å². The van der Waals surface area contributed by atoms with Crippen molar-refractivity contribution in [1.29, 1.82) is 0 Å². The van der Waals surface area contributed by atoms with Crippen molar-refractivity contribution in [3.05, 3.63) is 42.5 Å². The van der Waals surface area contributed by atoms with E-state index in [1.54, 1.807) is 12.1 Å².